The van der Waals surface area contributed by atoms with Crippen LogP contribution in [0, 0.1) is 11.7 Å². The van der Waals surface area contributed by atoms with Gasteiger partial charge in [-0.05, 0) is 43.7 Å². The zero-order valence-electron chi connectivity index (χ0n) is 16.9. The monoisotopic (exact) mass is 385 g/mol. The van der Waals surface area contributed by atoms with Gasteiger partial charge in [0.25, 0.3) is 0 Å². The van der Waals surface area contributed by atoms with Crippen LogP contribution in [0.5, 0.6) is 0 Å². The number of fused-ring (bicyclic) bond motifs is 1. The summed E-state index contributed by atoms with van der Waals surface area (Å²) in [4.78, 5) is 29.2. The average molecular weight is 385 g/mol. The van der Waals surface area contributed by atoms with E-state index >= 15 is 0 Å². The van der Waals surface area contributed by atoms with Crippen molar-refractivity contribution in [2.24, 2.45) is 5.92 Å². The van der Waals surface area contributed by atoms with E-state index in [0.717, 1.165) is 11.3 Å². The molecule has 1 atom stereocenters. The van der Waals surface area contributed by atoms with Gasteiger partial charge < -0.3 is 14.4 Å². The van der Waals surface area contributed by atoms with Gasteiger partial charge in [0.2, 0.25) is 11.8 Å². The van der Waals surface area contributed by atoms with Gasteiger partial charge in [0.05, 0.1) is 6.04 Å². The fourth-order valence-electron chi connectivity index (χ4n) is 3.76. The number of benzene rings is 1. The van der Waals surface area contributed by atoms with Crippen molar-refractivity contribution in [2.45, 2.75) is 46.3 Å². The molecule has 0 spiro atoms. The van der Waals surface area contributed by atoms with Gasteiger partial charge in [0.15, 0.2) is 0 Å². The molecule has 0 N–H and O–H groups in total. The maximum Gasteiger partial charge on any atom is 0.243 e. The summed E-state index contributed by atoms with van der Waals surface area (Å²) >= 11 is 0. The highest BCUT2D eigenvalue weighted by Gasteiger charge is 2.34. The summed E-state index contributed by atoms with van der Waals surface area (Å²) in [5.74, 6) is -0.657. The van der Waals surface area contributed by atoms with E-state index in [1.165, 1.54) is 12.1 Å². The van der Waals surface area contributed by atoms with Crippen LogP contribution in [0.4, 0.5) is 4.39 Å². The van der Waals surface area contributed by atoms with Crippen LogP contribution < -0.4 is 0 Å². The predicted octanol–water partition coefficient (Wildman–Crippen LogP) is 3.45. The lowest BCUT2D eigenvalue weighted by Crippen LogP contribution is -2.50. The van der Waals surface area contributed by atoms with E-state index < -0.39 is 0 Å². The third-order valence-electron chi connectivity index (χ3n) is 5.23. The third-order valence-corrected chi connectivity index (χ3v) is 5.23. The van der Waals surface area contributed by atoms with Crippen molar-refractivity contribution in [1.82, 2.24) is 14.4 Å². The van der Waals surface area contributed by atoms with Crippen molar-refractivity contribution in [1.29, 1.82) is 0 Å². The number of nitrogens with zero attached hydrogens (tertiary/aromatic N) is 3. The van der Waals surface area contributed by atoms with Gasteiger partial charge in [0, 0.05) is 36.9 Å². The normalized spacial score (nSPS) is 16.4. The summed E-state index contributed by atoms with van der Waals surface area (Å²) in [6.07, 6.45) is 1.98. The number of halogens is 1. The topological polar surface area (TPSA) is 45.6 Å². The molecule has 1 aliphatic rings. The van der Waals surface area contributed by atoms with Gasteiger partial charge in [-0.3, -0.25) is 9.59 Å². The fraction of sp³-hybridized carbons (Fsp3) is 0.455. The van der Waals surface area contributed by atoms with Crippen molar-refractivity contribution in [3.8, 4) is 0 Å². The Balaban J connectivity index is 1.92. The Morgan fingerprint density at radius 3 is 2.54 bits per heavy atom. The summed E-state index contributed by atoms with van der Waals surface area (Å²) in [7, 11) is 0. The minimum absolute atomic E-state index is 0.0290. The van der Waals surface area contributed by atoms with Crippen LogP contribution in [0.15, 0.2) is 42.6 Å². The van der Waals surface area contributed by atoms with Crippen LogP contribution in [-0.2, 0) is 16.1 Å². The first-order valence-electron chi connectivity index (χ1n) is 9.80. The highest BCUT2D eigenvalue weighted by atomic mass is 19.1. The van der Waals surface area contributed by atoms with Crippen LogP contribution in [0.1, 0.15) is 45.0 Å². The fourth-order valence-corrected chi connectivity index (χ4v) is 3.76. The molecule has 0 saturated heterocycles. The largest absolute Gasteiger partial charge is 0.348 e. The number of carbonyl (C=O) groups excluding carboxylic acids is 2. The van der Waals surface area contributed by atoms with Gasteiger partial charge >= 0.3 is 0 Å². The van der Waals surface area contributed by atoms with Crippen LogP contribution in [0.25, 0.3) is 0 Å². The number of carbonyl (C=O) groups is 2. The second-order valence-corrected chi connectivity index (χ2v) is 7.89. The van der Waals surface area contributed by atoms with E-state index in [1.54, 1.807) is 15.9 Å². The Hall–Kier alpha value is -2.63. The average Bonchev–Trinajstić information content (AvgIpc) is 3.12. The summed E-state index contributed by atoms with van der Waals surface area (Å²) < 4.78 is 16.0. The summed E-state index contributed by atoms with van der Waals surface area (Å²) in [5, 5.41) is 0. The minimum atomic E-state index is -0.366. The quantitative estimate of drug-likeness (QED) is 0.791. The van der Waals surface area contributed by atoms with Gasteiger partial charge in [-0.25, -0.2) is 4.39 Å². The van der Waals surface area contributed by atoms with E-state index in [4.69, 9.17) is 0 Å². The second-order valence-electron chi connectivity index (χ2n) is 7.89. The smallest absolute Gasteiger partial charge is 0.243 e. The molecule has 0 aliphatic carbocycles. The lowest BCUT2D eigenvalue weighted by atomic mass is 9.99. The molecular formula is C22H28FN3O2. The molecule has 1 aromatic carbocycles. The van der Waals surface area contributed by atoms with E-state index in [9.17, 15) is 14.0 Å². The molecule has 1 aliphatic heterocycles. The van der Waals surface area contributed by atoms with Crippen molar-refractivity contribution >= 4 is 11.8 Å². The maximum atomic E-state index is 13.9. The number of rotatable bonds is 5. The van der Waals surface area contributed by atoms with Crippen LogP contribution in [-0.4, -0.2) is 45.3 Å². The third kappa shape index (κ3) is 3.96. The number of hydrogen-bond donors (Lipinski definition) is 0. The van der Waals surface area contributed by atoms with Gasteiger partial charge in [-0.1, -0.05) is 26.0 Å². The molecule has 6 heteroatoms. The Morgan fingerprint density at radius 2 is 1.89 bits per heavy atom. The summed E-state index contributed by atoms with van der Waals surface area (Å²) in [5.41, 5.74) is 1.69. The molecule has 2 heterocycles. The predicted molar refractivity (Wildman–Crippen MR) is 106 cm³/mol. The molecule has 5 nitrogen and oxygen atoms in total. The summed E-state index contributed by atoms with van der Waals surface area (Å²) in [6, 6.07) is 9.86. The highest BCUT2D eigenvalue weighted by Crippen LogP contribution is 2.33. The highest BCUT2D eigenvalue weighted by molar-refractivity contribution is 5.86. The van der Waals surface area contributed by atoms with Crippen molar-refractivity contribution < 1.29 is 14.0 Å². The van der Waals surface area contributed by atoms with E-state index in [0.29, 0.717) is 13.1 Å². The SMILES string of the molecule is CC(C)C(=O)N(CC(=O)N1CCn2cccc2C1c1cccc(F)c1)C(C)C. The molecule has 150 valence electrons. The van der Waals surface area contributed by atoms with Crippen LogP contribution >= 0.6 is 0 Å². The first kappa shape index (κ1) is 20.1. The Morgan fingerprint density at radius 1 is 1.14 bits per heavy atom. The molecule has 0 fully saturated rings. The minimum Gasteiger partial charge on any atom is -0.348 e. The molecule has 2 amide bonds. The van der Waals surface area contributed by atoms with Crippen LogP contribution in [0.3, 0.4) is 0 Å². The Bertz CT molecular complexity index is 859. The lowest BCUT2D eigenvalue weighted by Gasteiger charge is -2.39. The molecule has 0 radical (unpaired) electrons. The summed E-state index contributed by atoms with van der Waals surface area (Å²) in [6.45, 7) is 8.74. The number of aromatic nitrogens is 1. The Kier molecular flexibility index (Phi) is 5.87. The standard InChI is InChI=1S/C22H28FN3O2/c1-15(2)22(28)26(16(3)4)14-20(27)25-12-11-24-10-6-9-19(24)21(25)17-7-5-8-18(23)13-17/h5-10,13,15-16,21H,11-12,14H2,1-4H3. The number of hydrogen-bond acceptors (Lipinski definition) is 2. The molecule has 28 heavy (non-hydrogen) atoms. The zero-order chi connectivity index (χ0) is 20.4. The zero-order valence-corrected chi connectivity index (χ0v) is 16.9. The molecular weight excluding hydrogens is 357 g/mol. The first-order valence-corrected chi connectivity index (χ1v) is 9.80. The molecule has 1 aromatic heterocycles. The first-order chi connectivity index (χ1) is 13.3. The number of amides is 2. The molecule has 2 aromatic rings. The van der Waals surface area contributed by atoms with Crippen molar-refractivity contribution in [2.75, 3.05) is 13.1 Å². The molecule has 0 saturated carbocycles. The van der Waals surface area contributed by atoms with E-state index in [1.807, 2.05) is 52.1 Å². The molecule has 0 bridgehead atoms. The maximum absolute atomic E-state index is 13.9. The lowest BCUT2D eigenvalue weighted by molar-refractivity contribution is -0.145. The van der Waals surface area contributed by atoms with Gasteiger partial charge in [-0.2, -0.15) is 0 Å². The second kappa shape index (κ2) is 8.17. The van der Waals surface area contributed by atoms with Crippen molar-refractivity contribution in [3.05, 3.63) is 59.7 Å². The molecule has 1 unspecified atom stereocenters. The van der Waals surface area contributed by atoms with Gasteiger partial charge in [0.1, 0.15) is 12.4 Å². The van der Waals surface area contributed by atoms with Gasteiger partial charge in [-0.15, -0.1) is 0 Å². The Labute approximate surface area is 165 Å². The van der Waals surface area contributed by atoms with Crippen LogP contribution in [0.2, 0.25) is 0 Å². The van der Waals surface area contributed by atoms with Crippen molar-refractivity contribution in [3.63, 3.8) is 0 Å². The van der Waals surface area contributed by atoms with E-state index in [-0.39, 0.29) is 42.2 Å². The van der Waals surface area contributed by atoms with E-state index in [2.05, 4.69) is 4.57 Å². The molecule has 3 rings (SSSR count).